The van der Waals surface area contributed by atoms with Crippen molar-refractivity contribution in [2.45, 2.75) is 56.1 Å². The van der Waals surface area contributed by atoms with Crippen molar-refractivity contribution in [1.82, 2.24) is 25.2 Å². The molecule has 0 spiro atoms. The van der Waals surface area contributed by atoms with Gasteiger partial charge < -0.3 is 16.0 Å². The third-order valence-electron chi connectivity index (χ3n) is 9.74. The maximum atomic E-state index is 16.8. The fraction of sp³-hybridized carbons (Fsp3) is 0.382. The number of aromatic nitrogens is 3. The minimum atomic E-state index is -0.514. The van der Waals surface area contributed by atoms with Crippen LogP contribution in [0.3, 0.4) is 0 Å². The van der Waals surface area contributed by atoms with Gasteiger partial charge in [0.15, 0.2) is 5.82 Å². The normalized spacial score (nSPS) is 22.7. The summed E-state index contributed by atoms with van der Waals surface area (Å²) in [7, 11) is 0. The fourth-order valence-corrected chi connectivity index (χ4v) is 7.71. The molecule has 0 radical (unpaired) electrons. The Morgan fingerprint density at radius 3 is 2.71 bits per heavy atom. The van der Waals surface area contributed by atoms with Crippen LogP contribution in [0.1, 0.15) is 49.9 Å². The molecule has 2 aromatic carbocycles. The van der Waals surface area contributed by atoms with Gasteiger partial charge in [0.25, 0.3) is 0 Å². The van der Waals surface area contributed by atoms with E-state index in [1.807, 2.05) is 24.3 Å². The lowest BCUT2D eigenvalue weighted by molar-refractivity contribution is 0.261. The minimum Gasteiger partial charge on any atom is -0.399 e. The number of terminal acetylenes is 1. The molecule has 0 unspecified atom stereocenters. The molecule has 2 atom stereocenters. The van der Waals surface area contributed by atoms with Crippen molar-refractivity contribution in [3.63, 3.8) is 0 Å². The predicted octanol–water partition coefficient (Wildman–Crippen LogP) is 4.47. The van der Waals surface area contributed by atoms with E-state index in [0.717, 1.165) is 75.5 Å². The second-order valence-electron chi connectivity index (χ2n) is 12.1. The minimum absolute atomic E-state index is 0.110. The van der Waals surface area contributed by atoms with Crippen molar-refractivity contribution in [3.8, 4) is 35.4 Å². The van der Waals surface area contributed by atoms with Crippen LogP contribution in [0.5, 0.6) is 0 Å². The quantitative estimate of drug-likeness (QED) is 0.278. The molecule has 8 heteroatoms. The molecule has 5 aliphatic rings. The molecule has 5 saturated heterocycles. The van der Waals surface area contributed by atoms with Gasteiger partial charge in [-0.1, -0.05) is 24.0 Å². The van der Waals surface area contributed by atoms with Gasteiger partial charge in [-0.25, -0.2) is 14.4 Å². The Balaban J connectivity index is 1.34. The first-order chi connectivity index (χ1) is 20.5. The third kappa shape index (κ3) is 3.94. The molecule has 3 N–H and O–H groups in total. The van der Waals surface area contributed by atoms with Gasteiger partial charge in [0, 0.05) is 53.6 Å². The molecule has 7 heterocycles. The number of nitrogens with one attached hydrogen (secondary N) is 1. The average molecular weight is 558 g/mol. The van der Waals surface area contributed by atoms with E-state index in [1.54, 1.807) is 12.3 Å². The molecule has 0 amide bonds. The number of anilines is 2. The van der Waals surface area contributed by atoms with E-state index >= 15 is 4.39 Å². The SMILES string of the molecule is C#Cc1cccc2cc(N)cc(-c3ncc4c(N5C[C@H]6CC[C@@H]5CN6)nc(C#CC56CCCN5CCC6)nc4c3F)c12. The number of nitrogen functional groups attached to an aromatic ring is 1. The number of hydrogen-bond acceptors (Lipinski definition) is 7. The van der Waals surface area contributed by atoms with Crippen LogP contribution in [-0.2, 0) is 0 Å². The summed E-state index contributed by atoms with van der Waals surface area (Å²) in [5.41, 5.74) is 8.29. The molecule has 2 bridgehead atoms. The summed E-state index contributed by atoms with van der Waals surface area (Å²) < 4.78 is 16.8. The zero-order chi connectivity index (χ0) is 28.4. The van der Waals surface area contributed by atoms with Crippen molar-refractivity contribution in [3.05, 3.63) is 53.7 Å². The number of benzene rings is 2. The van der Waals surface area contributed by atoms with Crippen LogP contribution in [0, 0.1) is 30.0 Å². The van der Waals surface area contributed by atoms with Crippen molar-refractivity contribution in [1.29, 1.82) is 0 Å². The summed E-state index contributed by atoms with van der Waals surface area (Å²) in [6, 6.07) is 9.92. The van der Waals surface area contributed by atoms with Gasteiger partial charge in [-0.05, 0) is 81.1 Å². The number of fused-ring (bicyclic) bond motifs is 6. The summed E-state index contributed by atoms with van der Waals surface area (Å²) in [6.07, 6.45) is 14.2. The van der Waals surface area contributed by atoms with Crippen LogP contribution in [0.25, 0.3) is 32.9 Å². The van der Waals surface area contributed by atoms with Gasteiger partial charge >= 0.3 is 0 Å². The standard InChI is InChI=1S/C34H32FN7/c1-2-21-6-3-7-22-16-23(36)17-26(29(21)22)31-30(35)32-27(19-38-31)33(42-20-24-8-9-25(42)18-37-24)40-28(39-32)10-13-34-11-4-14-41(34)15-5-12-34/h1,3,6-7,16-17,19,24-25,37H,4-5,8-9,11-12,14-15,18,20,36H2/t24-,25-/m1/s1. The van der Waals surface area contributed by atoms with Crippen LogP contribution in [0.2, 0.25) is 0 Å². The number of piperidine rings is 2. The first-order valence-corrected chi connectivity index (χ1v) is 15.0. The number of hydrogen-bond donors (Lipinski definition) is 2. The molecule has 4 aromatic rings. The summed E-state index contributed by atoms with van der Waals surface area (Å²) >= 11 is 0. The Hall–Kier alpha value is -4.24. The molecular weight excluding hydrogens is 525 g/mol. The molecular formula is C34H32FN7. The average Bonchev–Trinajstić information content (AvgIpc) is 3.60. The van der Waals surface area contributed by atoms with Crippen LogP contribution in [0.4, 0.5) is 15.9 Å². The lowest BCUT2D eigenvalue weighted by Crippen LogP contribution is -2.61. The third-order valence-corrected chi connectivity index (χ3v) is 9.74. The highest BCUT2D eigenvalue weighted by molar-refractivity contribution is 6.03. The zero-order valence-corrected chi connectivity index (χ0v) is 23.5. The van der Waals surface area contributed by atoms with E-state index < -0.39 is 5.82 Å². The number of piperazine rings is 1. The molecule has 5 aliphatic heterocycles. The summed E-state index contributed by atoms with van der Waals surface area (Å²) in [4.78, 5) is 19.2. The van der Waals surface area contributed by atoms with Gasteiger partial charge in [0.05, 0.1) is 10.9 Å². The van der Waals surface area contributed by atoms with Crippen molar-refractivity contribution in [2.24, 2.45) is 0 Å². The van der Waals surface area contributed by atoms with Gasteiger partial charge in [0.2, 0.25) is 5.82 Å². The Morgan fingerprint density at radius 1 is 1.12 bits per heavy atom. The maximum Gasteiger partial charge on any atom is 0.207 e. The molecule has 0 aliphatic carbocycles. The monoisotopic (exact) mass is 557 g/mol. The van der Waals surface area contributed by atoms with Gasteiger partial charge in [-0.3, -0.25) is 9.88 Å². The second-order valence-corrected chi connectivity index (χ2v) is 12.1. The number of nitrogens with two attached hydrogens (primary N) is 1. The smallest absolute Gasteiger partial charge is 0.207 e. The van der Waals surface area contributed by atoms with E-state index in [9.17, 15) is 0 Å². The van der Waals surface area contributed by atoms with Crippen LogP contribution >= 0.6 is 0 Å². The van der Waals surface area contributed by atoms with Gasteiger partial charge in [0.1, 0.15) is 17.0 Å². The van der Waals surface area contributed by atoms with Gasteiger partial charge in [-0.15, -0.1) is 6.42 Å². The predicted molar refractivity (Wildman–Crippen MR) is 164 cm³/mol. The van der Waals surface area contributed by atoms with Crippen LogP contribution in [0.15, 0.2) is 36.5 Å². The molecule has 2 aromatic heterocycles. The van der Waals surface area contributed by atoms with Crippen LogP contribution < -0.4 is 16.0 Å². The maximum absolute atomic E-state index is 16.8. The highest BCUT2D eigenvalue weighted by atomic mass is 19.1. The Labute approximate surface area is 244 Å². The Bertz CT molecular complexity index is 1850. The largest absolute Gasteiger partial charge is 0.399 e. The number of halogens is 1. The number of nitrogens with zero attached hydrogens (tertiary/aromatic N) is 5. The molecule has 7 nitrogen and oxygen atoms in total. The highest BCUT2D eigenvalue weighted by Crippen LogP contribution is 2.40. The lowest BCUT2D eigenvalue weighted by atomic mass is 9.92. The van der Waals surface area contributed by atoms with E-state index in [1.165, 1.54) is 0 Å². The lowest BCUT2D eigenvalue weighted by Gasteiger charge is -2.46. The highest BCUT2D eigenvalue weighted by Gasteiger charge is 2.43. The summed E-state index contributed by atoms with van der Waals surface area (Å²) in [6.45, 7) is 3.86. The van der Waals surface area contributed by atoms with Crippen LogP contribution in [-0.4, -0.2) is 63.7 Å². The molecule has 210 valence electrons. The van der Waals surface area contributed by atoms with Crippen molar-refractivity contribution < 1.29 is 4.39 Å². The number of rotatable bonds is 2. The Morgan fingerprint density at radius 2 is 1.98 bits per heavy atom. The van der Waals surface area contributed by atoms with Gasteiger partial charge in [-0.2, -0.15) is 0 Å². The first kappa shape index (κ1) is 25.5. The fourth-order valence-electron chi connectivity index (χ4n) is 7.71. The topological polar surface area (TPSA) is 83.2 Å². The summed E-state index contributed by atoms with van der Waals surface area (Å²) in [5, 5.41) is 5.79. The van der Waals surface area contributed by atoms with E-state index in [-0.39, 0.29) is 22.8 Å². The summed E-state index contributed by atoms with van der Waals surface area (Å²) in [5.74, 6) is 10.2. The molecule has 5 fully saturated rings. The van der Waals surface area contributed by atoms with E-state index in [0.29, 0.717) is 39.9 Å². The first-order valence-electron chi connectivity index (χ1n) is 15.0. The zero-order valence-electron chi connectivity index (χ0n) is 23.5. The Kier molecular flexibility index (Phi) is 5.86. The molecule has 9 rings (SSSR count). The molecule has 0 saturated carbocycles. The number of pyridine rings is 1. The second kappa shape index (κ2) is 9.66. The van der Waals surface area contributed by atoms with E-state index in [4.69, 9.17) is 22.1 Å². The van der Waals surface area contributed by atoms with Crippen molar-refractivity contribution >= 4 is 33.2 Å². The molecule has 42 heavy (non-hydrogen) atoms. The van der Waals surface area contributed by atoms with E-state index in [2.05, 4.69) is 37.9 Å². The van der Waals surface area contributed by atoms with Crippen molar-refractivity contribution in [2.75, 3.05) is 36.8 Å².